The average molecular weight is 222 g/mol. The summed E-state index contributed by atoms with van der Waals surface area (Å²) in [4.78, 5) is 0. The van der Waals surface area contributed by atoms with Gasteiger partial charge in [-0.2, -0.15) is 0 Å². The van der Waals surface area contributed by atoms with Crippen LogP contribution in [0.4, 0.5) is 0 Å². The fourth-order valence-corrected chi connectivity index (χ4v) is 1.85. The third kappa shape index (κ3) is 5.26. The van der Waals surface area contributed by atoms with Crippen LogP contribution in [0.25, 0.3) is 0 Å². The minimum absolute atomic E-state index is 0.332. The monoisotopic (exact) mass is 222 g/mol. The van der Waals surface area contributed by atoms with Crippen molar-refractivity contribution < 1.29 is 9.67 Å². The van der Waals surface area contributed by atoms with Gasteiger partial charge in [0, 0.05) is 25.2 Å². The molecule has 0 fully saturated rings. The zero-order chi connectivity index (χ0) is 11.6. The highest BCUT2D eigenvalue weighted by molar-refractivity contribution is 5.06. The molecule has 2 nitrogen and oxygen atoms in total. The lowest BCUT2D eigenvalue weighted by atomic mass is 10.1. The van der Waals surface area contributed by atoms with E-state index in [0.717, 1.165) is 19.4 Å². The van der Waals surface area contributed by atoms with Crippen LogP contribution in [0.3, 0.4) is 0 Å². The van der Waals surface area contributed by atoms with Crippen LogP contribution in [0.5, 0.6) is 0 Å². The van der Waals surface area contributed by atoms with Crippen molar-refractivity contribution in [3.05, 3.63) is 30.1 Å². The van der Waals surface area contributed by atoms with Crippen LogP contribution < -0.4 is 4.57 Å². The number of aliphatic hydroxyl groups is 1. The SMILES string of the molecule is CCCc1cc[n+](CCCCCCO)cc1. The first-order valence-corrected chi connectivity index (χ1v) is 6.45. The molecule has 0 unspecified atom stereocenters. The van der Waals surface area contributed by atoms with E-state index in [4.69, 9.17) is 5.11 Å². The number of aromatic nitrogens is 1. The highest BCUT2D eigenvalue weighted by atomic mass is 16.2. The van der Waals surface area contributed by atoms with Gasteiger partial charge in [0.05, 0.1) is 0 Å². The third-order valence-corrected chi connectivity index (χ3v) is 2.82. The number of nitrogens with zero attached hydrogens (tertiary/aromatic N) is 1. The highest BCUT2D eigenvalue weighted by Crippen LogP contribution is 2.01. The van der Waals surface area contributed by atoms with Crippen molar-refractivity contribution in [1.29, 1.82) is 0 Å². The minimum Gasteiger partial charge on any atom is -0.396 e. The molecule has 0 aliphatic heterocycles. The van der Waals surface area contributed by atoms with Gasteiger partial charge >= 0.3 is 0 Å². The molecule has 0 aliphatic rings. The first-order valence-electron chi connectivity index (χ1n) is 6.45. The molecule has 16 heavy (non-hydrogen) atoms. The van der Waals surface area contributed by atoms with Gasteiger partial charge in [-0.3, -0.25) is 0 Å². The Balaban J connectivity index is 2.21. The number of aryl methyl sites for hydroxylation is 2. The maximum Gasteiger partial charge on any atom is 0.169 e. The number of aliphatic hydroxyl groups excluding tert-OH is 1. The summed E-state index contributed by atoms with van der Waals surface area (Å²) in [5, 5.41) is 8.66. The van der Waals surface area contributed by atoms with Gasteiger partial charge in [-0.25, -0.2) is 4.57 Å². The van der Waals surface area contributed by atoms with Crippen molar-refractivity contribution in [3.63, 3.8) is 0 Å². The summed E-state index contributed by atoms with van der Waals surface area (Å²) in [5.74, 6) is 0. The Labute approximate surface area is 98.9 Å². The molecular formula is C14H24NO+. The fourth-order valence-electron chi connectivity index (χ4n) is 1.85. The lowest BCUT2D eigenvalue weighted by Crippen LogP contribution is -2.32. The van der Waals surface area contributed by atoms with Crippen molar-refractivity contribution in [2.45, 2.75) is 52.0 Å². The van der Waals surface area contributed by atoms with Crippen molar-refractivity contribution in [1.82, 2.24) is 0 Å². The molecule has 1 N–H and O–H groups in total. The van der Waals surface area contributed by atoms with Gasteiger partial charge in [0.25, 0.3) is 0 Å². The summed E-state index contributed by atoms with van der Waals surface area (Å²) in [6.07, 6.45) is 11.3. The average Bonchev–Trinajstić information content (AvgIpc) is 2.31. The van der Waals surface area contributed by atoms with E-state index in [1.807, 2.05) is 0 Å². The lowest BCUT2D eigenvalue weighted by Gasteiger charge is -1.99. The smallest absolute Gasteiger partial charge is 0.169 e. The van der Waals surface area contributed by atoms with Gasteiger partial charge in [-0.1, -0.05) is 19.8 Å². The molecule has 0 bridgehead atoms. The summed E-state index contributed by atoms with van der Waals surface area (Å²) >= 11 is 0. The van der Waals surface area contributed by atoms with Crippen molar-refractivity contribution in [3.8, 4) is 0 Å². The molecule has 0 spiro atoms. The van der Waals surface area contributed by atoms with E-state index in [2.05, 4.69) is 36.0 Å². The van der Waals surface area contributed by atoms with Crippen LogP contribution in [-0.4, -0.2) is 11.7 Å². The van der Waals surface area contributed by atoms with E-state index in [1.54, 1.807) is 0 Å². The molecule has 1 heterocycles. The summed E-state index contributed by atoms with van der Waals surface area (Å²) in [7, 11) is 0. The van der Waals surface area contributed by atoms with E-state index >= 15 is 0 Å². The normalized spacial score (nSPS) is 10.6. The van der Waals surface area contributed by atoms with Crippen molar-refractivity contribution in [2.24, 2.45) is 0 Å². The minimum atomic E-state index is 0.332. The second-order valence-corrected chi connectivity index (χ2v) is 4.33. The van der Waals surface area contributed by atoms with Crippen molar-refractivity contribution in [2.75, 3.05) is 6.61 Å². The lowest BCUT2D eigenvalue weighted by molar-refractivity contribution is -0.697. The molecule has 1 aromatic rings. The Hall–Kier alpha value is -0.890. The van der Waals surface area contributed by atoms with E-state index in [1.165, 1.54) is 31.2 Å². The molecule has 0 aromatic carbocycles. The first kappa shape index (κ1) is 13.2. The van der Waals surface area contributed by atoms with Crippen LogP contribution >= 0.6 is 0 Å². The predicted octanol–water partition coefficient (Wildman–Crippen LogP) is 2.48. The molecule has 1 rings (SSSR count). The molecule has 0 atom stereocenters. The van der Waals surface area contributed by atoms with Crippen LogP contribution in [0.1, 0.15) is 44.6 Å². The topological polar surface area (TPSA) is 24.1 Å². The number of hydrogen-bond donors (Lipinski definition) is 1. The number of hydrogen-bond acceptors (Lipinski definition) is 1. The third-order valence-electron chi connectivity index (χ3n) is 2.82. The zero-order valence-electron chi connectivity index (χ0n) is 10.4. The summed E-state index contributed by atoms with van der Waals surface area (Å²) in [6.45, 7) is 3.64. The van der Waals surface area contributed by atoms with Gasteiger partial charge in [0.15, 0.2) is 12.4 Å². The Bertz CT molecular complexity index is 269. The summed E-state index contributed by atoms with van der Waals surface area (Å²) < 4.78 is 2.25. The van der Waals surface area contributed by atoms with Crippen LogP contribution in [-0.2, 0) is 13.0 Å². The van der Waals surface area contributed by atoms with Crippen molar-refractivity contribution >= 4 is 0 Å². The molecule has 1 aromatic heterocycles. The van der Waals surface area contributed by atoms with Crippen LogP contribution in [0, 0.1) is 0 Å². The van der Waals surface area contributed by atoms with Gasteiger partial charge < -0.3 is 5.11 Å². The molecular weight excluding hydrogens is 198 g/mol. The quantitative estimate of drug-likeness (QED) is 0.530. The molecule has 0 amide bonds. The van der Waals surface area contributed by atoms with E-state index in [-0.39, 0.29) is 0 Å². The molecule has 0 saturated carbocycles. The Kier molecular flexibility index (Phi) is 6.82. The van der Waals surface area contributed by atoms with Gasteiger partial charge in [0.1, 0.15) is 6.54 Å². The zero-order valence-corrected chi connectivity index (χ0v) is 10.4. The van der Waals surface area contributed by atoms with E-state index in [9.17, 15) is 0 Å². The van der Waals surface area contributed by atoms with Crippen LogP contribution in [0.2, 0.25) is 0 Å². The standard InChI is InChI=1S/C14H24NO/c1-2-7-14-8-11-15(12-9-14)10-5-3-4-6-13-16/h8-9,11-12,16H,2-7,10,13H2,1H3/q+1. The number of rotatable bonds is 8. The predicted molar refractivity (Wildman–Crippen MR) is 66.2 cm³/mol. The maximum atomic E-state index is 8.66. The maximum absolute atomic E-state index is 8.66. The van der Waals surface area contributed by atoms with Gasteiger partial charge in [-0.15, -0.1) is 0 Å². The second-order valence-electron chi connectivity index (χ2n) is 4.33. The Morgan fingerprint density at radius 2 is 1.75 bits per heavy atom. The second kappa shape index (κ2) is 8.28. The molecule has 0 saturated heterocycles. The highest BCUT2D eigenvalue weighted by Gasteiger charge is 2.00. The Morgan fingerprint density at radius 3 is 2.38 bits per heavy atom. The Morgan fingerprint density at radius 1 is 1.06 bits per heavy atom. The van der Waals surface area contributed by atoms with E-state index < -0.39 is 0 Å². The molecule has 90 valence electrons. The molecule has 2 heteroatoms. The number of pyridine rings is 1. The van der Waals surface area contributed by atoms with Crippen LogP contribution in [0.15, 0.2) is 24.5 Å². The summed E-state index contributed by atoms with van der Waals surface area (Å²) in [6, 6.07) is 4.44. The number of unbranched alkanes of at least 4 members (excludes halogenated alkanes) is 3. The van der Waals surface area contributed by atoms with Gasteiger partial charge in [0.2, 0.25) is 0 Å². The largest absolute Gasteiger partial charge is 0.396 e. The van der Waals surface area contributed by atoms with Gasteiger partial charge in [-0.05, 0) is 24.8 Å². The molecule has 0 aliphatic carbocycles. The first-order chi connectivity index (χ1) is 7.86. The fraction of sp³-hybridized carbons (Fsp3) is 0.643. The van der Waals surface area contributed by atoms with E-state index in [0.29, 0.717) is 6.61 Å². The molecule has 0 radical (unpaired) electrons. The summed E-state index contributed by atoms with van der Waals surface area (Å²) in [5.41, 5.74) is 1.43.